The molecule has 0 bridgehead atoms. The van der Waals surface area contributed by atoms with E-state index in [4.69, 9.17) is 0 Å². The third-order valence-corrected chi connectivity index (χ3v) is 1.62. The molecule has 0 aromatic carbocycles. The Kier molecular flexibility index (Phi) is 1.91. The number of hydrogen-bond donors (Lipinski definition) is 2. The van der Waals surface area contributed by atoms with Gasteiger partial charge in [0, 0.05) is 25.6 Å². The highest BCUT2D eigenvalue weighted by Crippen LogP contribution is 2.09. The Morgan fingerprint density at radius 2 is 2.23 bits per heavy atom. The fourth-order valence-electron chi connectivity index (χ4n) is 1.000. The maximum absolute atomic E-state index is 4.22. The second-order valence-electron chi connectivity index (χ2n) is 2.45. The van der Waals surface area contributed by atoms with E-state index in [1.165, 1.54) is 0 Å². The summed E-state index contributed by atoms with van der Waals surface area (Å²) in [6, 6.07) is 1.80. The van der Waals surface area contributed by atoms with E-state index in [0.717, 1.165) is 5.82 Å². The first-order valence-electron chi connectivity index (χ1n) is 3.90. The lowest BCUT2D eigenvalue weighted by Crippen LogP contribution is -1.96. The molecule has 5 heteroatoms. The molecule has 13 heavy (non-hydrogen) atoms. The summed E-state index contributed by atoms with van der Waals surface area (Å²) in [5.41, 5.74) is 0. The van der Waals surface area contributed by atoms with Crippen molar-refractivity contribution in [2.24, 2.45) is 0 Å². The van der Waals surface area contributed by atoms with Crippen molar-refractivity contribution in [1.29, 1.82) is 0 Å². The van der Waals surface area contributed by atoms with Crippen LogP contribution in [0.4, 0.5) is 5.82 Å². The van der Waals surface area contributed by atoms with Gasteiger partial charge in [0.2, 0.25) is 0 Å². The van der Waals surface area contributed by atoms with E-state index in [1.807, 2.05) is 7.05 Å². The van der Waals surface area contributed by atoms with Gasteiger partial charge in [-0.25, -0.2) is 15.0 Å². The van der Waals surface area contributed by atoms with Crippen molar-refractivity contribution in [3.63, 3.8) is 0 Å². The summed E-state index contributed by atoms with van der Waals surface area (Å²) >= 11 is 0. The van der Waals surface area contributed by atoms with E-state index in [9.17, 15) is 0 Å². The number of H-pyrrole nitrogens is 1. The zero-order valence-electron chi connectivity index (χ0n) is 7.15. The largest absolute Gasteiger partial charge is 0.373 e. The highest BCUT2D eigenvalue weighted by molar-refractivity contribution is 5.46. The molecular formula is C8H9N5. The van der Waals surface area contributed by atoms with Crippen LogP contribution in [0.3, 0.4) is 0 Å². The third-order valence-electron chi connectivity index (χ3n) is 1.62. The lowest BCUT2D eigenvalue weighted by atomic mass is 10.5. The monoisotopic (exact) mass is 175 g/mol. The summed E-state index contributed by atoms with van der Waals surface area (Å²) in [5, 5.41) is 2.94. The van der Waals surface area contributed by atoms with Crippen molar-refractivity contribution in [2.45, 2.75) is 0 Å². The summed E-state index contributed by atoms with van der Waals surface area (Å²) in [4.78, 5) is 15.3. The molecule has 0 aliphatic heterocycles. The van der Waals surface area contributed by atoms with Gasteiger partial charge in [-0.3, -0.25) is 0 Å². The molecule has 66 valence electrons. The van der Waals surface area contributed by atoms with Gasteiger partial charge in [-0.1, -0.05) is 0 Å². The van der Waals surface area contributed by atoms with Crippen LogP contribution in [0.1, 0.15) is 0 Å². The molecule has 2 N–H and O–H groups in total. The SMILES string of the molecule is CNc1ccnc(-c2ncc[nH]2)n1. The Morgan fingerprint density at radius 3 is 2.92 bits per heavy atom. The summed E-state index contributed by atoms with van der Waals surface area (Å²) in [6.45, 7) is 0. The topological polar surface area (TPSA) is 66.5 Å². The first-order valence-corrected chi connectivity index (χ1v) is 3.90. The van der Waals surface area contributed by atoms with Crippen LogP contribution in [0.5, 0.6) is 0 Å². The van der Waals surface area contributed by atoms with Gasteiger partial charge < -0.3 is 10.3 Å². The van der Waals surface area contributed by atoms with E-state index in [0.29, 0.717) is 11.6 Å². The molecule has 0 aliphatic rings. The molecule has 0 fully saturated rings. The van der Waals surface area contributed by atoms with E-state index in [1.54, 1.807) is 24.7 Å². The van der Waals surface area contributed by atoms with Crippen molar-refractivity contribution in [3.05, 3.63) is 24.7 Å². The highest BCUT2D eigenvalue weighted by atomic mass is 15.0. The van der Waals surface area contributed by atoms with Gasteiger partial charge in [0.15, 0.2) is 11.6 Å². The number of anilines is 1. The Morgan fingerprint density at radius 1 is 1.31 bits per heavy atom. The lowest BCUT2D eigenvalue weighted by Gasteiger charge is -1.99. The third kappa shape index (κ3) is 1.48. The lowest BCUT2D eigenvalue weighted by molar-refractivity contribution is 1.12. The van der Waals surface area contributed by atoms with E-state index in [2.05, 4.69) is 25.3 Å². The van der Waals surface area contributed by atoms with Gasteiger partial charge >= 0.3 is 0 Å². The van der Waals surface area contributed by atoms with E-state index >= 15 is 0 Å². The zero-order chi connectivity index (χ0) is 9.10. The van der Waals surface area contributed by atoms with Gasteiger partial charge in [0.1, 0.15) is 5.82 Å². The first-order chi connectivity index (χ1) is 6.40. The molecule has 2 aromatic heterocycles. The number of hydrogen-bond acceptors (Lipinski definition) is 4. The number of rotatable bonds is 2. The average molecular weight is 175 g/mol. The summed E-state index contributed by atoms with van der Waals surface area (Å²) in [5.74, 6) is 2.05. The fourth-order valence-corrected chi connectivity index (χ4v) is 1.000. The number of imidazole rings is 1. The van der Waals surface area contributed by atoms with Crippen LogP contribution in [0, 0.1) is 0 Å². The summed E-state index contributed by atoms with van der Waals surface area (Å²) in [7, 11) is 1.81. The maximum atomic E-state index is 4.22. The Hall–Kier alpha value is -1.91. The molecule has 0 atom stereocenters. The van der Waals surface area contributed by atoms with E-state index in [-0.39, 0.29) is 0 Å². The number of nitrogens with one attached hydrogen (secondary N) is 2. The van der Waals surface area contributed by atoms with Crippen LogP contribution in [-0.4, -0.2) is 27.0 Å². The average Bonchev–Trinajstić information content (AvgIpc) is 2.71. The minimum atomic E-state index is 0.594. The summed E-state index contributed by atoms with van der Waals surface area (Å²) < 4.78 is 0. The van der Waals surface area contributed by atoms with Crippen LogP contribution in [0.15, 0.2) is 24.7 Å². The molecule has 0 spiro atoms. The Bertz CT molecular complexity index is 381. The van der Waals surface area contributed by atoms with Gasteiger partial charge in [0.05, 0.1) is 0 Å². The molecule has 0 saturated carbocycles. The Balaban J connectivity index is 2.41. The molecule has 0 unspecified atom stereocenters. The molecule has 2 heterocycles. The molecule has 0 aliphatic carbocycles. The van der Waals surface area contributed by atoms with Crippen molar-refractivity contribution >= 4 is 5.82 Å². The minimum Gasteiger partial charge on any atom is -0.373 e. The second-order valence-corrected chi connectivity index (χ2v) is 2.45. The van der Waals surface area contributed by atoms with Crippen LogP contribution < -0.4 is 5.32 Å². The quantitative estimate of drug-likeness (QED) is 0.711. The van der Waals surface area contributed by atoms with Crippen LogP contribution in [-0.2, 0) is 0 Å². The van der Waals surface area contributed by atoms with Gasteiger partial charge in [-0.15, -0.1) is 0 Å². The molecule has 0 saturated heterocycles. The molecule has 2 aromatic rings. The van der Waals surface area contributed by atoms with Gasteiger partial charge in [0.25, 0.3) is 0 Å². The molecule has 0 radical (unpaired) electrons. The number of nitrogens with zero attached hydrogens (tertiary/aromatic N) is 3. The number of aromatic amines is 1. The predicted molar refractivity (Wildman–Crippen MR) is 49.2 cm³/mol. The van der Waals surface area contributed by atoms with Gasteiger partial charge in [-0.2, -0.15) is 0 Å². The van der Waals surface area contributed by atoms with Gasteiger partial charge in [-0.05, 0) is 6.07 Å². The van der Waals surface area contributed by atoms with Crippen molar-refractivity contribution in [2.75, 3.05) is 12.4 Å². The standard InChI is InChI=1S/C8H9N5/c1-9-6-2-3-10-8(13-6)7-11-4-5-12-7/h2-5H,1H3,(H,11,12)(H,9,10,13). The molecular weight excluding hydrogens is 166 g/mol. The van der Waals surface area contributed by atoms with Crippen LogP contribution in [0.25, 0.3) is 11.6 Å². The smallest absolute Gasteiger partial charge is 0.197 e. The fraction of sp³-hybridized carbons (Fsp3) is 0.125. The second kappa shape index (κ2) is 3.22. The predicted octanol–water partition coefficient (Wildman–Crippen LogP) is 0.908. The van der Waals surface area contributed by atoms with Crippen molar-refractivity contribution in [3.8, 4) is 11.6 Å². The molecule has 2 rings (SSSR count). The first kappa shape index (κ1) is 7.72. The van der Waals surface area contributed by atoms with Crippen LogP contribution >= 0.6 is 0 Å². The van der Waals surface area contributed by atoms with Crippen LogP contribution in [0.2, 0.25) is 0 Å². The van der Waals surface area contributed by atoms with E-state index < -0.39 is 0 Å². The number of aromatic nitrogens is 4. The molecule has 5 nitrogen and oxygen atoms in total. The maximum Gasteiger partial charge on any atom is 0.197 e. The van der Waals surface area contributed by atoms with Crippen molar-refractivity contribution < 1.29 is 0 Å². The molecule has 0 amide bonds. The minimum absolute atomic E-state index is 0.594. The normalized spacial score (nSPS) is 9.92. The summed E-state index contributed by atoms with van der Waals surface area (Å²) in [6.07, 6.45) is 5.10. The zero-order valence-corrected chi connectivity index (χ0v) is 7.15. The Labute approximate surface area is 75.3 Å². The van der Waals surface area contributed by atoms with Crippen molar-refractivity contribution in [1.82, 2.24) is 19.9 Å². The highest BCUT2D eigenvalue weighted by Gasteiger charge is 2.02.